The van der Waals surface area contributed by atoms with E-state index in [0.29, 0.717) is 17.9 Å². The molecule has 1 N–H and O–H groups in total. The Balaban J connectivity index is 1.89. The second kappa shape index (κ2) is 5.84. The van der Waals surface area contributed by atoms with Crippen molar-refractivity contribution in [3.63, 3.8) is 0 Å². The first kappa shape index (κ1) is 15.5. The van der Waals surface area contributed by atoms with Crippen LogP contribution < -0.4 is 5.32 Å². The molecular weight excluding hydrogens is 252 g/mol. The first-order valence-corrected chi connectivity index (χ1v) is 7.85. The third kappa shape index (κ3) is 3.40. The van der Waals surface area contributed by atoms with Crippen LogP contribution in [0.5, 0.6) is 0 Å². The second-order valence-electron chi connectivity index (χ2n) is 7.48. The van der Waals surface area contributed by atoms with Gasteiger partial charge in [0, 0.05) is 13.1 Å². The number of nitrogens with zero attached hydrogens (tertiary/aromatic N) is 1. The highest BCUT2D eigenvalue weighted by Crippen LogP contribution is 2.37. The average Bonchev–Trinajstić information content (AvgIpc) is 2.59. The number of likely N-dealkylation sites (tertiary alicyclic amines) is 1. The van der Waals surface area contributed by atoms with E-state index in [1.807, 2.05) is 0 Å². The van der Waals surface area contributed by atoms with E-state index in [0.717, 1.165) is 18.8 Å². The number of amides is 2. The van der Waals surface area contributed by atoms with Crippen molar-refractivity contribution in [2.45, 2.75) is 71.4 Å². The Kier molecular flexibility index (Phi) is 4.52. The van der Waals surface area contributed by atoms with Gasteiger partial charge in [-0.25, -0.2) is 0 Å². The predicted octanol–water partition coefficient (Wildman–Crippen LogP) is 2.33. The molecule has 1 saturated heterocycles. The average molecular weight is 280 g/mol. The molecule has 1 heterocycles. The van der Waals surface area contributed by atoms with E-state index in [1.165, 1.54) is 24.2 Å². The minimum Gasteiger partial charge on any atom is -0.303 e. The van der Waals surface area contributed by atoms with Crippen LogP contribution in [0.3, 0.4) is 0 Å². The minimum atomic E-state index is -0.288. The van der Waals surface area contributed by atoms with Crippen LogP contribution in [0.4, 0.5) is 0 Å². The Morgan fingerprint density at radius 2 is 1.80 bits per heavy atom. The van der Waals surface area contributed by atoms with E-state index in [1.54, 1.807) is 7.05 Å². The molecule has 2 rings (SSSR count). The molecule has 0 aromatic heterocycles. The molecular formula is C16H28N2O2. The van der Waals surface area contributed by atoms with Crippen LogP contribution in [-0.2, 0) is 9.59 Å². The Morgan fingerprint density at radius 1 is 1.10 bits per heavy atom. The van der Waals surface area contributed by atoms with Crippen molar-refractivity contribution in [3.8, 4) is 0 Å². The molecule has 2 aliphatic rings. The van der Waals surface area contributed by atoms with Gasteiger partial charge in [-0.3, -0.25) is 14.5 Å². The van der Waals surface area contributed by atoms with Crippen LogP contribution in [0.1, 0.15) is 59.3 Å². The lowest BCUT2D eigenvalue weighted by molar-refractivity contribution is -0.137. The number of rotatable bonds is 2. The summed E-state index contributed by atoms with van der Waals surface area (Å²) in [6, 6.07) is 0.0966. The standard InChI is InChI=1S/C16H28N2O2/c1-16(2,3)11-6-5-7-12(9-8-11)17-13-10-14(19)18(4)15(13)20/h11-13,17H,5-10H2,1-4H3. The molecule has 0 bridgehead atoms. The van der Waals surface area contributed by atoms with Crippen molar-refractivity contribution < 1.29 is 9.59 Å². The summed E-state index contributed by atoms with van der Waals surface area (Å²) in [7, 11) is 1.58. The zero-order chi connectivity index (χ0) is 14.9. The van der Waals surface area contributed by atoms with E-state index in [9.17, 15) is 9.59 Å². The third-order valence-electron chi connectivity index (χ3n) is 5.01. The Morgan fingerprint density at radius 3 is 2.35 bits per heavy atom. The van der Waals surface area contributed by atoms with Gasteiger partial charge < -0.3 is 5.32 Å². The number of carbonyl (C=O) groups excluding carboxylic acids is 2. The topological polar surface area (TPSA) is 49.4 Å². The van der Waals surface area contributed by atoms with Gasteiger partial charge in [0.05, 0.1) is 12.5 Å². The van der Waals surface area contributed by atoms with Gasteiger partial charge in [0.2, 0.25) is 11.8 Å². The molecule has 20 heavy (non-hydrogen) atoms. The van der Waals surface area contributed by atoms with Gasteiger partial charge in [-0.2, -0.15) is 0 Å². The van der Waals surface area contributed by atoms with Gasteiger partial charge in [-0.15, -0.1) is 0 Å². The van der Waals surface area contributed by atoms with Crippen molar-refractivity contribution >= 4 is 11.8 Å². The van der Waals surface area contributed by atoms with Gasteiger partial charge in [-0.05, 0) is 37.0 Å². The van der Waals surface area contributed by atoms with Crippen LogP contribution in [0.2, 0.25) is 0 Å². The van der Waals surface area contributed by atoms with E-state index in [-0.39, 0.29) is 17.9 Å². The number of imide groups is 1. The maximum atomic E-state index is 11.9. The lowest BCUT2D eigenvalue weighted by Gasteiger charge is -2.29. The first-order chi connectivity index (χ1) is 9.29. The van der Waals surface area contributed by atoms with Crippen LogP contribution in [0.25, 0.3) is 0 Å². The largest absolute Gasteiger partial charge is 0.303 e. The highest BCUT2D eigenvalue weighted by Gasteiger charge is 2.37. The van der Waals surface area contributed by atoms with Crippen molar-refractivity contribution in [3.05, 3.63) is 0 Å². The summed E-state index contributed by atoms with van der Waals surface area (Å²) in [5.41, 5.74) is 0.369. The summed E-state index contributed by atoms with van der Waals surface area (Å²) in [6.45, 7) is 6.96. The monoisotopic (exact) mass is 280 g/mol. The van der Waals surface area contributed by atoms with Gasteiger partial charge in [0.15, 0.2) is 0 Å². The highest BCUT2D eigenvalue weighted by atomic mass is 16.2. The molecule has 0 spiro atoms. The second-order valence-corrected chi connectivity index (χ2v) is 7.48. The fourth-order valence-corrected chi connectivity index (χ4v) is 3.50. The minimum absolute atomic E-state index is 0.0614. The zero-order valence-electron chi connectivity index (χ0n) is 13.2. The van der Waals surface area contributed by atoms with E-state index in [4.69, 9.17) is 0 Å². The molecule has 2 amide bonds. The fraction of sp³-hybridized carbons (Fsp3) is 0.875. The van der Waals surface area contributed by atoms with Crippen molar-refractivity contribution in [2.75, 3.05) is 7.05 Å². The third-order valence-corrected chi connectivity index (χ3v) is 5.01. The molecule has 1 saturated carbocycles. The van der Waals surface area contributed by atoms with Gasteiger partial charge >= 0.3 is 0 Å². The fourth-order valence-electron chi connectivity index (χ4n) is 3.50. The molecule has 1 aliphatic heterocycles. The predicted molar refractivity (Wildman–Crippen MR) is 79.1 cm³/mol. The van der Waals surface area contributed by atoms with E-state index < -0.39 is 0 Å². The quantitative estimate of drug-likeness (QED) is 0.624. The Hall–Kier alpha value is -0.900. The zero-order valence-corrected chi connectivity index (χ0v) is 13.2. The molecule has 1 aliphatic carbocycles. The Bertz CT molecular complexity index is 386. The van der Waals surface area contributed by atoms with Gasteiger partial charge in [-0.1, -0.05) is 27.2 Å². The number of likely N-dealkylation sites (N-methyl/N-ethyl adjacent to an activating group) is 1. The van der Waals surface area contributed by atoms with Crippen molar-refractivity contribution in [2.24, 2.45) is 11.3 Å². The van der Waals surface area contributed by atoms with Crippen LogP contribution in [-0.4, -0.2) is 35.8 Å². The number of nitrogens with one attached hydrogen (secondary N) is 1. The lowest BCUT2D eigenvalue weighted by atomic mass is 9.76. The Labute approximate surface area is 122 Å². The SMILES string of the molecule is CN1C(=O)CC(NC2CCCC(C(C)(C)C)CC2)C1=O. The summed E-state index contributed by atoms with van der Waals surface area (Å²) in [6.07, 6.45) is 6.27. The van der Waals surface area contributed by atoms with E-state index >= 15 is 0 Å². The molecule has 0 aromatic rings. The normalized spacial score (nSPS) is 32.6. The van der Waals surface area contributed by atoms with Gasteiger partial charge in [0.25, 0.3) is 0 Å². The summed E-state index contributed by atoms with van der Waals surface area (Å²) >= 11 is 0. The summed E-state index contributed by atoms with van der Waals surface area (Å²) in [4.78, 5) is 24.8. The smallest absolute Gasteiger partial charge is 0.246 e. The molecule has 3 unspecified atom stereocenters. The number of hydrogen-bond donors (Lipinski definition) is 1. The molecule has 4 nitrogen and oxygen atoms in total. The molecule has 3 atom stereocenters. The summed E-state index contributed by atoms with van der Waals surface area (Å²) in [5.74, 6) is 0.637. The van der Waals surface area contributed by atoms with Crippen LogP contribution >= 0.6 is 0 Å². The molecule has 0 radical (unpaired) electrons. The maximum Gasteiger partial charge on any atom is 0.246 e. The van der Waals surface area contributed by atoms with Crippen molar-refractivity contribution in [1.29, 1.82) is 0 Å². The molecule has 114 valence electrons. The summed E-state index contributed by atoms with van der Waals surface area (Å²) < 4.78 is 0. The number of hydrogen-bond acceptors (Lipinski definition) is 3. The lowest BCUT2D eigenvalue weighted by Crippen LogP contribution is -2.43. The van der Waals surface area contributed by atoms with Crippen LogP contribution in [0.15, 0.2) is 0 Å². The molecule has 2 fully saturated rings. The number of carbonyl (C=O) groups is 2. The van der Waals surface area contributed by atoms with Crippen molar-refractivity contribution in [1.82, 2.24) is 10.2 Å². The van der Waals surface area contributed by atoms with Gasteiger partial charge in [0.1, 0.15) is 0 Å². The molecule has 4 heteroatoms. The van der Waals surface area contributed by atoms with Crippen LogP contribution in [0, 0.1) is 11.3 Å². The first-order valence-electron chi connectivity index (χ1n) is 7.85. The highest BCUT2D eigenvalue weighted by molar-refractivity contribution is 6.05. The maximum absolute atomic E-state index is 11.9. The summed E-state index contributed by atoms with van der Waals surface area (Å²) in [5, 5.41) is 3.43. The molecule has 0 aromatic carbocycles. The van der Waals surface area contributed by atoms with E-state index in [2.05, 4.69) is 26.1 Å².